The summed E-state index contributed by atoms with van der Waals surface area (Å²) >= 11 is 5.70. The van der Waals surface area contributed by atoms with Gasteiger partial charge < -0.3 is 18.9 Å². The predicted octanol–water partition coefficient (Wildman–Crippen LogP) is 12.0. The molecular weight excluding hydrogens is 632 g/mol. The molecule has 0 radical (unpaired) electrons. The highest BCUT2D eigenvalue weighted by atomic mass is 35.5. The van der Waals surface area contributed by atoms with Gasteiger partial charge in [0.1, 0.15) is 4.87 Å². The smallest absolute Gasteiger partial charge is 0.326 e. The standard InChI is InChI=1S/C12H16O2.C7H14O2.C6H11ClO2.C6H12O2.8CH4/c1-4-12(2,11(13)14-3)10-8-6-5-7-9-10;1-5-7(2,3)6(8)9-4;1-4-6(2,7)5(8)9-3;1-4-5(2)6(7)8-3;;;;;;;;/h5-9H,4H2,1-3H3;5H2,1-4H3;4H2,1-3H3;5H,4H2,1-3H3;8*1H4. The van der Waals surface area contributed by atoms with E-state index >= 15 is 0 Å². The summed E-state index contributed by atoms with van der Waals surface area (Å²) in [5.41, 5.74) is 0.180. The molecule has 3 atom stereocenters. The lowest BCUT2D eigenvalue weighted by atomic mass is 9.80. The Bertz CT molecular complexity index is 842. The molecule has 0 bridgehead atoms. The molecule has 0 aliphatic carbocycles. The van der Waals surface area contributed by atoms with Crippen LogP contribution in [0.3, 0.4) is 0 Å². The fourth-order valence-corrected chi connectivity index (χ4v) is 2.72. The van der Waals surface area contributed by atoms with Crippen molar-refractivity contribution in [2.45, 2.75) is 158 Å². The van der Waals surface area contributed by atoms with E-state index in [1.54, 1.807) is 6.92 Å². The zero-order valence-electron chi connectivity index (χ0n) is 26.9. The molecule has 0 aliphatic heterocycles. The van der Waals surface area contributed by atoms with E-state index in [2.05, 4.69) is 14.2 Å². The highest BCUT2D eigenvalue weighted by Gasteiger charge is 2.34. The van der Waals surface area contributed by atoms with E-state index in [0.29, 0.717) is 6.42 Å². The molecule has 0 fully saturated rings. The number of hydrogen-bond donors (Lipinski definition) is 0. The number of rotatable bonds is 9. The Morgan fingerprint density at radius 3 is 1.17 bits per heavy atom. The summed E-state index contributed by atoms with van der Waals surface area (Å²) < 4.78 is 18.3. The van der Waals surface area contributed by atoms with E-state index in [1.807, 2.05) is 85.7 Å². The number of carbonyl (C=O) groups excluding carboxylic acids is 4. The van der Waals surface area contributed by atoms with Crippen molar-refractivity contribution in [1.82, 2.24) is 0 Å². The van der Waals surface area contributed by atoms with Crippen molar-refractivity contribution < 1.29 is 38.1 Å². The third kappa shape index (κ3) is 28.4. The maximum atomic E-state index is 11.6. The Labute approximate surface area is 306 Å². The highest BCUT2D eigenvalue weighted by molar-refractivity contribution is 6.33. The summed E-state index contributed by atoms with van der Waals surface area (Å²) in [7, 11) is 5.59. The summed E-state index contributed by atoms with van der Waals surface area (Å²) in [5, 5.41) is 0. The number of halogens is 1. The summed E-state index contributed by atoms with van der Waals surface area (Å²) in [4.78, 5) is 42.9. The second-order valence-corrected chi connectivity index (χ2v) is 11.0. The normalized spacial score (nSPS) is 11.5. The zero-order valence-corrected chi connectivity index (χ0v) is 27.7. The molecule has 1 rings (SSSR count). The van der Waals surface area contributed by atoms with Crippen LogP contribution in [0.2, 0.25) is 0 Å². The first-order valence-electron chi connectivity index (χ1n) is 13.5. The van der Waals surface area contributed by atoms with Crippen LogP contribution in [-0.2, 0) is 43.5 Å². The van der Waals surface area contributed by atoms with Gasteiger partial charge in [-0.15, -0.1) is 11.6 Å². The quantitative estimate of drug-likeness (QED) is 0.141. The molecule has 3 unspecified atom stereocenters. The van der Waals surface area contributed by atoms with Gasteiger partial charge in [-0.05, 0) is 58.9 Å². The largest absolute Gasteiger partial charge is 0.469 e. The van der Waals surface area contributed by atoms with Crippen molar-refractivity contribution in [1.29, 1.82) is 0 Å². The molecule has 0 saturated carbocycles. The Hall–Kier alpha value is -2.61. The summed E-state index contributed by atoms with van der Waals surface area (Å²) in [5.74, 6) is -0.740. The molecule has 0 aromatic heterocycles. The fraction of sp³-hybridized carbons (Fsp3) is 0.744. The van der Waals surface area contributed by atoms with Crippen molar-refractivity contribution >= 4 is 35.5 Å². The maximum Gasteiger partial charge on any atom is 0.326 e. The lowest BCUT2D eigenvalue weighted by Crippen LogP contribution is -2.32. The van der Waals surface area contributed by atoms with Crippen molar-refractivity contribution in [2.75, 3.05) is 28.4 Å². The van der Waals surface area contributed by atoms with Gasteiger partial charge in [-0.3, -0.25) is 19.2 Å². The molecule has 0 aliphatic rings. The molecule has 9 heteroatoms. The van der Waals surface area contributed by atoms with Crippen LogP contribution in [0.1, 0.15) is 153 Å². The predicted molar refractivity (Wildman–Crippen MR) is 214 cm³/mol. The van der Waals surface area contributed by atoms with Crippen molar-refractivity contribution in [3.8, 4) is 0 Å². The van der Waals surface area contributed by atoms with Crippen molar-refractivity contribution in [2.24, 2.45) is 11.3 Å². The minimum absolute atomic E-state index is 0. The number of benzene rings is 1. The van der Waals surface area contributed by atoms with Crippen molar-refractivity contribution in [3.63, 3.8) is 0 Å². The summed E-state index contributed by atoms with van der Waals surface area (Å²) in [6.07, 6.45) is 3.00. The molecular formula is C39H85ClO8. The van der Waals surface area contributed by atoms with Crippen LogP contribution in [0.15, 0.2) is 30.3 Å². The van der Waals surface area contributed by atoms with Gasteiger partial charge in [-0.1, -0.05) is 124 Å². The monoisotopic (exact) mass is 717 g/mol. The zero-order chi connectivity index (χ0) is 32.2. The van der Waals surface area contributed by atoms with Gasteiger partial charge in [0, 0.05) is 0 Å². The van der Waals surface area contributed by atoms with Crippen LogP contribution in [0.25, 0.3) is 0 Å². The van der Waals surface area contributed by atoms with E-state index in [-0.39, 0.29) is 94.6 Å². The number of methoxy groups -OCH3 is 4. The molecule has 0 N–H and O–H groups in total. The minimum atomic E-state index is -0.839. The number of carbonyl (C=O) groups is 4. The van der Waals surface area contributed by atoms with Gasteiger partial charge in [0.05, 0.1) is 45.2 Å². The van der Waals surface area contributed by atoms with Gasteiger partial charge in [-0.25, -0.2) is 0 Å². The molecule has 1 aromatic rings. The van der Waals surface area contributed by atoms with Gasteiger partial charge in [0.2, 0.25) is 0 Å². The number of ether oxygens (including phenoxy) is 4. The first-order valence-corrected chi connectivity index (χ1v) is 13.9. The van der Waals surface area contributed by atoms with Gasteiger partial charge in [-0.2, -0.15) is 0 Å². The summed E-state index contributed by atoms with van der Waals surface area (Å²) in [6.45, 7) is 16.9. The molecule has 1 aromatic carbocycles. The van der Waals surface area contributed by atoms with Gasteiger partial charge in [0.25, 0.3) is 0 Å². The van der Waals surface area contributed by atoms with Crippen molar-refractivity contribution in [3.05, 3.63) is 35.9 Å². The Kier molecular flexibility index (Phi) is 61.2. The third-order valence-corrected chi connectivity index (χ3v) is 7.29. The van der Waals surface area contributed by atoms with Gasteiger partial charge in [0.15, 0.2) is 0 Å². The third-order valence-electron chi connectivity index (χ3n) is 6.87. The lowest BCUT2D eigenvalue weighted by molar-refractivity contribution is -0.151. The van der Waals surface area contributed by atoms with Crippen LogP contribution >= 0.6 is 11.6 Å². The van der Waals surface area contributed by atoms with Crippen LogP contribution in [0.5, 0.6) is 0 Å². The van der Waals surface area contributed by atoms with Crippen LogP contribution < -0.4 is 0 Å². The second-order valence-electron chi connectivity index (χ2n) is 10.1. The number of hydrogen-bond acceptors (Lipinski definition) is 8. The SMILES string of the molecule is C.C.C.C.C.C.C.C.CCC(C)(C(=O)OC)c1ccccc1.CCC(C)(C)C(=O)OC.CCC(C)(Cl)C(=O)OC.CCC(C)C(=O)OC. The molecule has 48 heavy (non-hydrogen) atoms. The maximum absolute atomic E-state index is 11.6. The lowest BCUT2D eigenvalue weighted by Gasteiger charge is -2.25. The average molecular weight is 718 g/mol. The highest BCUT2D eigenvalue weighted by Crippen LogP contribution is 2.28. The van der Waals surface area contributed by atoms with Crippen LogP contribution in [0, 0.1) is 11.3 Å². The second kappa shape index (κ2) is 38.8. The molecule has 0 saturated heterocycles. The summed E-state index contributed by atoms with van der Waals surface area (Å²) in [6, 6.07) is 9.73. The minimum Gasteiger partial charge on any atom is -0.469 e. The molecule has 296 valence electrons. The Morgan fingerprint density at radius 1 is 0.604 bits per heavy atom. The molecule has 8 nitrogen and oxygen atoms in total. The van der Waals surface area contributed by atoms with E-state index in [1.165, 1.54) is 28.4 Å². The fourth-order valence-electron chi connectivity index (χ4n) is 2.64. The average Bonchev–Trinajstić information content (AvgIpc) is 2.99. The van der Waals surface area contributed by atoms with Gasteiger partial charge >= 0.3 is 23.9 Å². The van der Waals surface area contributed by atoms with Crippen LogP contribution in [-0.4, -0.2) is 57.2 Å². The Morgan fingerprint density at radius 2 is 0.979 bits per heavy atom. The van der Waals surface area contributed by atoms with E-state index < -0.39 is 10.3 Å². The molecule has 0 amide bonds. The van der Waals surface area contributed by atoms with E-state index in [4.69, 9.17) is 16.3 Å². The Balaban J connectivity index is -0.0000000410. The topological polar surface area (TPSA) is 105 Å². The molecule has 0 heterocycles. The van der Waals surface area contributed by atoms with E-state index in [9.17, 15) is 19.2 Å². The number of esters is 4. The van der Waals surface area contributed by atoms with E-state index in [0.717, 1.165) is 24.8 Å². The first kappa shape index (κ1) is 75.6. The van der Waals surface area contributed by atoms with Crippen LogP contribution in [0.4, 0.5) is 0 Å². The number of alkyl halides is 1. The molecule has 0 spiro atoms. The first-order chi connectivity index (χ1) is 18.5.